The summed E-state index contributed by atoms with van der Waals surface area (Å²) in [4.78, 5) is 0. The smallest absolute Gasteiger partial charge is 0.0800 e. The molecule has 1 rings (SSSR count). The quantitative estimate of drug-likeness (QED) is 0.678. The van der Waals surface area contributed by atoms with Crippen molar-refractivity contribution in [1.29, 1.82) is 0 Å². The molecule has 0 unspecified atom stereocenters. The Hall–Kier alpha value is -0.0800. The molecular formula is C10H21NO. The Morgan fingerprint density at radius 3 is 2.33 bits per heavy atom. The van der Waals surface area contributed by atoms with E-state index in [4.69, 9.17) is 5.73 Å². The minimum atomic E-state index is -0.546. The molecule has 0 spiro atoms. The van der Waals surface area contributed by atoms with Gasteiger partial charge < -0.3 is 10.8 Å². The van der Waals surface area contributed by atoms with Crippen molar-refractivity contribution in [3.8, 4) is 0 Å². The largest absolute Gasteiger partial charge is 0.388 e. The molecule has 2 heteroatoms. The fourth-order valence-corrected chi connectivity index (χ4v) is 2.10. The molecule has 0 aromatic rings. The lowest BCUT2D eigenvalue weighted by Crippen LogP contribution is -2.49. The molecule has 0 aromatic carbocycles. The third-order valence-corrected chi connectivity index (χ3v) is 3.35. The number of nitrogens with two attached hydrogens (primary N) is 1. The Labute approximate surface area is 75.2 Å². The first-order chi connectivity index (χ1) is 5.60. The minimum absolute atomic E-state index is 0.0231. The van der Waals surface area contributed by atoms with E-state index in [1.54, 1.807) is 0 Å². The highest BCUT2D eigenvalue weighted by Gasteiger charge is 2.39. The lowest BCUT2D eigenvalue weighted by molar-refractivity contribution is 0.00347. The highest BCUT2D eigenvalue weighted by atomic mass is 16.3. The molecule has 0 aliphatic heterocycles. The molecule has 1 fully saturated rings. The van der Waals surface area contributed by atoms with Crippen molar-refractivity contribution in [2.75, 3.05) is 0 Å². The van der Waals surface area contributed by atoms with Crippen LogP contribution in [0.1, 0.15) is 46.0 Å². The normalized spacial score (nSPS) is 27.0. The summed E-state index contributed by atoms with van der Waals surface area (Å²) in [5, 5.41) is 10.1. The molecule has 0 heterocycles. The standard InChI is InChI=1S/C10H21NO/c1-3-8(2)9(11)10(12)6-4-5-7-10/h8-9,12H,3-7,11H2,1-2H3/t8-,9-/m0/s1. The second kappa shape index (κ2) is 3.75. The Balaban J connectivity index is 2.54. The lowest BCUT2D eigenvalue weighted by Gasteiger charge is -2.33. The van der Waals surface area contributed by atoms with Crippen molar-refractivity contribution in [2.24, 2.45) is 11.7 Å². The summed E-state index contributed by atoms with van der Waals surface area (Å²) in [6.07, 6.45) is 5.14. The van der Waals surface area contributed by atoms with Gasteiger partial charge in [-0.05, 0) is 18.8 Å². The molecular weight excluding hydrogens is 150 g/mol. The molecule has 3 N–H and O–H groups in total. The van der Waals surface area contributed by atoms with Crippen molar-refractivity contribution in [1.82, 2.24) is 0 Å². The molecule has 72 valence electrons. The van der Waals surface area contributed by atoms with Gasteiger partial charge in [-0.1, -0.05) is 33.1 Å². The summed E-state index contributed by atoms with van der Waals surface area (Å²) in [6, 6.07) is -0.0231. The Kier molecular flexibility index (Phi) is 3.13. The van der Waals surface area contributed by atoms with Gasteiger partial charge >= 0.3 is 0 Å². The van der Waals surface area contributed by atoms with Crippen LogP contribution in [0.2, 0.25) is 0 Å². The van der Waals surface area contributed by atoms with E-state index in [2.05, 4.69) is 13.8 Å². The number of hydrogen-bond donors (Lipinski definition) is 2. The maximum absolute atomic E-state index is 10.1. The van der Waals surface area contributed by atoms with Gasteiger partial charge in [-0.25, -0.2) is 0 Å². The topological polar surface area (TPSA) is 46.2 Å². The van der Waals surface area contributed by atoms with Crippen molar-refractivity contribution in [3.05, 3.63) is 0 Å². The lowest BCUT2D eigenvalue weighted by atomic mass is 9.83. The van der Waals surface area contributed by atoms with Crippen LogP contribution < -0.4 is 5.73 Å². The van der Waals surface area contributed by atoms with E-state index in [-0.39, 0.29) is 6.04 Å². The number of hydrogen-bond acceptors (Lipinski definition) is 2. The predicted molar refractivity (Wildman–Crippen MR) is 50.8 cm³/mol. The fraction of sp³-hybridized carbons (Fsp3) is 1.00. The Bertz CT molecular complexity index is 141. The first-order valence-electron chi connectivity index (χ1n) is 5.08. The molecule has 0 bridgehead atoms. The SMILES string of the molecule is CC[C@H](C)[C@H](N)C1(O)CCCC1. The van der Waals surface area contributed by atoms with Gasteiger partial charge in [0.2, 0.25) is 0 Å². The van der Waals surface area contributed by atoms with Crippen molar-refractivity contribution >= 4 is 0 Å². The maximum Gasteiger partial charge on any atom is 0.0800 e. The monoisotopic (exact) mass is 171 g/mol. The van der Waals surface area contributed by atoms with E-state index >= 15 is 0 Å². The summed E-state index contributed by atoms with van der Waals surface area (Å²) in [5.74, 6) is 0.438. The van der Waals surface area contributed by atoms with Crippen LogP contribution in [0.25, 0.3) is 0 Å². The highest BCUT2D eigenvalue weighted by molar-refractivity contribution is 4.95. The van der Waals surface area contributed by atoms with Crippen LogP contribution in [-0.2, 0) is 0 Å². The van der Waals surface area contributed by atoms with Crippen molar-refractivity contribution < 1.29 is 5.11 Å². The highest BCUT2D eigenvalue weighted by Crippen LogP contribution is 2.34. The van der Waals surface area contributed by atoms with Crippen LogP contribution in [-0.4, -0.2) is 16.7 Å². The van der Waals surface area contributed by atoms with Crippen LogP contribution in [0.15, 0.2) is 0 Å². The van der Waals surface area contributed by atoms with Gasteiger partial charge in [-0.2, -0.15) is 0 Å². The van der Waals surface area contributed by atoms with E-state index in [0.29, 0.717) is 5.92 Å². The molecule has 2 nitrogen and oxygen atoms in total. The number of rotatable bonds is 3. The predicted octanol–water partition coefficient (Wildman–Crippen LogP) is 1.66. The molecule has 1 aliphatic rings. The van der Waals surface area contributed by atoms with Gasteiger partial charge in [-0.3, -0.25) is 0 Å². The van der Waals surface area contributed by atoms with Gasteiger partial charge in [0.25, 0.3) is 0 Å². The molecule has 0 aromatic heterocycles. The maximum atomic E-state index is 10.1. The van der Waals surface area contributed by atoms with E-state index in [9.17, 15) is 5.11 Å². The molecule has 2 atom stereocenters. The third kappa shape index (κ3) is 1.80. The molecule has 1 aliphatic carbocycles. The zero-order valence-electron chi connectivity index (χ0n) is 8.21. The zero-order chi connectivity index (χ0) is 9.19. The summed E-state index contributed by atoms with van der Waals surface area (Å²) in [6.45, 7) is 4.25. The van der Waals surface area contributed by atoms with E-state index in [1.165, 1.54) is 0 Å². The second-order valence-corrected chi connectivity index (χ2v) is 4.22. The first kappa shape index (κ1) is 10.0. The molecule has 12 heavy (non-hydrogen) atoms. The van der Waals surface area contributed by atoms with E-state index in [0.717, 1.165) is 32.1 Å². The summed E-state index contributed by atoms with van der Waals surface area (Å²) >= 11 is 0. The van der Waals surface area contributed by atoms with Crippen LogP contribution in [0.5, 0.6) is 0 Å². The van der Waals surface area contributed by atoms with Gasteiger partial charge in [0.1, 0.15) is 0 Å². The molecule has 0 radical (unpaired) electrons. The van der Waals surface area contributed by atoms with Crippen molar-refractivity contribution in [3.63, 3.8) is 0 Å². The van der Waals surface area contributed by atoms with Crippen LogP contribution in [0.3, 0.4) is 0 Å². The average Bonchev–Trinajstić information content (AvgIpc) is 2.50. The first-order valence-corrected chi connectivity index (χ1v) is 5.08. The van der Waals surface area contributed by atoms with Gasteiger partial charge in [-0.15, -0.1) is 0 Å². The summed E-state index contributed by atoms with van der Waals surface area (Å²) in [5.41, 5.74) is 5.47. The Morgan fingerprint density at radius 1 is 1.42 bits per heavy atom. The van der Waals surface area contributed by atoms with E-state index in [1.807, 2.05) is 0 Å². The Morgan fingerprint density at radius 2 is 1.92 bits per heavy atom. The van der Waals surface area contributed by atoms with Crippen LogP contribution in [0.4, 0.5) is 0 Å². The van der Waals surface area contributed by atoms with Crippen LogP contribution in [0, 0.1) is 5.92 Å². The average molecular weight is 171 g/mol. The minimum Gasteiger partial charge on any atom is -0.388 e. The van der Waals surface area contributed by atoms with Crippen molar-refractivity contribution in [2.45, 2.75) is 57.6 Å². The van der Waals surface area contributed by atoms with Gasteiger partial charge in [0.15, 0.2) is 0 Å². The molecule has 1 saturated carbocycles. The molecule has 0 amide bonds. The number of aliphatic hydroxyl groups is 1. The second-order valence-electron chi connectivity index (χ2n) is 4.22. The fourth-order valence-electron chi connectivity index (χ4n) is 2.10. The summed E-state index contributed by atoms with van der Waals surface area (Å²) in [7, 11) is 0. The van der Waals surface area contributed by atoms with Gasteiger partial charge in [0, 0.05) is 6.04 Å². The summed E-state index contributed by atoms with van der Waals surface area (Å²) < 4.78 is 0. The zero-order valence-corrected chi connectivity index (χ0v) is 8.21. The molecule has 0 saturated heterocycles. The van der Waals surface area contributed by atoms with Gasteiger partial charge in [0.05, 0.1) is 5.60 Å². The third-order valence-electron chi connectivity index (χ3n) is 3.35. The van der Waals surface area contributed by atoms with Crippen LogP contribution >= 0.6 is 0 Å². The van der Waals surface area contributed by atoms with E-state index < -0.39 is 5.60 Å².